The van der Waals surface area contributed by atoms with Crippen LogP contribution in [0.2, 0.25) is 0 Å². The normalized spacial score (nSPS) is 10.2. The molecule has 1 aromatic carbocycles. The number of rotatable bonds is 5. The van der Waals surface area contributed by atoms with E-state index in [0.717, 1.165) is 26.4 Å². The highest BCUT2D eigenvalue weighted by Crippen LogP contribution is 2.25. The fourth-order valence-electron chi connectivity index (χ4n) is 1.42. The molecule has 0 unspecified atom stereocenters. The maximum atomic E-state index is 11.8. The van der Waals surface area contributed by atoms with Gasteiger partial charge < -0.3 is 10.4 Å². The van der Waals surface area contributed by atoms with Gasteiger partial charge in [0.25, 0.3) is 0 Å². The number of carbonyl (C=O) groups excluding carboxylic acids is 1. The van der Waals surface area contributed by atoms with Crippen molar-refractivity contribution in [3.8, 4) is 0 Å². The van der Waals surface area contributed by atoms with Gasteiger partial charge in [-0.2, -0.15) is 0 Å². The number of benzene rings is 1. The Labute approximate surface area is 132 Å². The molecule has 20 heavy (non-hydrogen) atoms. The molecule has 2 rings (SSSR count). The Morgan fingerprint density at radius 1 is 1.35 bits per heavy atom. The van der Waals surface area contributed by atoms with Gasteiger partial charge in [0.1, 0.15) is 4.88 Å². The van der Waals surface area contributed by atoms with E-state index in [9.17, 15) is 9.59 Å². The van der Waals surface area contributed by atoms with Gasteiger partial charge in [-0.1, -0.05) is 22.0 Å². The predicted molar refractivity (Wildman–Crippen MR) is 84.8 cm³/mol. The Kier molecular flexibility index (Phi) is 5.22. The number of anilines is 1. The number of thiophene rings is 1. The maximum absolute atomic E-state index is 11.8. The summed E-state index contributed by atoms with van der Waals surface area (Å²) in [4.78, 5) is 23.6. The number of carboxylic acid groups (broad SMARTS) is 1. The van der Waals surface area contributed by atoms with Crippen molar-refractivity contribution in [2.75, 3.05) is 11.1 Å². The summed E-state index contributed by atoms with van der Waals surface area (Å²) in [7, 11) is 0. The number of hydrogen-bond donors (Lipinski definition) is 2. The van der Waals surface area contributed by atoms with E-state index in [-0.39, 0.29) is 16.5 Å². The minimum Gasteiger partial charge on any atom is -0.477 e. The van der Waals surface area contributed by atoms with E-state index in [1.165, 1.54) is 11.8 Å². The Morgan fingerprint density at radius 3 is 2.80 bits per heavy atom. The molecule has 0 saturated carbocycles. The number of thioether (sulfide) groups is 1. The molecule has 0 spiro atoms. The molecule has 2 aromatic rings. The van der Waals surface area contributed by atoms with E-state index < -0.39 is 5.97 Å². The highest BCUT2D eigenvalue weighted by molar-refractivity contribution is 9.10. The molecule has 1 aromatic heterocycles. The van der Waals surface area contributed by atoms with Crippen molar-refractivity contribution in [1.82, 2.24) is 0 Å². The van der Waals surface area contributed by atoms with Crippen molar-refractivity contribution >= 4 is 56.6 Å². The maximum Gasteiger partial charge on any atom is 0.345 e. The summed E-state index contributed by atoms with van der Waals surface area (Å²) in [6.07, 6.45) is 0. The van der Waals surface area contributed by atoms with Crippen LogP contribution in [0.25, 0.3) is 0 Å². The van der Waals surface area contributed by atoms with Gasteiger partial charge in [0.05, 0.1) is 5.75 Å². The Bertz CT molecular complexity index is 642. The molecule has 0 aliphatic heterocycles. The van der Waals surface area contributed by atoms with E-state index in [1.807, 2.05) is 18.2 Å². The molecule has 0 aliphatic rings. The minimum atomic E-state index is -0.944. The monoisotopic (exact) mass is 371 g/mol. The quantitative estimate of drug-likeness (QED) is 0.781. The third-order valence-electron chi connectivity index (χ3n) is 2.26. The molecule has 1 amide bonds. The molecule has 104 valence electrons. The fraction of sp³-hybridized carbons (Fsp3) is 0.0769. The predicted octanol–water partition coefficient (Wildman–Crippen LogP) is 3.94. The lowest BCUT2D eigenvalue weighted by molar-refractivity contribution is -0.113. The van der Waals surface area contributed by atoms with Crippen LogP contribution in [0.1, 0.15) is 9.67 Å². The van der Waals surface area contributed by atoms with E-state index >= 15 is 0 Å². The van der Waals surface area contributed by atoms with Gasteiger partial charge in [0, 0.05) is 20.4 Å². The molecular weight excluding hydrogens is 362 g/mol. The van der Waals surface area contributed by atoms with Crippen LogP contribution in [0.5, 0.6) is 0 Å². The first kappa shape index (κ1) is 15.1. The van der Waals surface area contributed by atoms with Crippen LogP contribution >= 0.6 is 39.0 Å². The van der Waals surface area contributed by atoms with Crippen LogP contribution in [0.15, 0.2) is 45.1 Å². The fourth-order valence-corrected chi connectivity index (χ4v) is 3.49. The van der Waals surface area contributed by atoms with Crippen molar-refractivity contribution in [2.24, 2.45) is 0 Å². The second-order valence-electron chi connectivity index (χ2n) is 3.80. The second-order valence-corrected chi connectivity index (χ2v) is 6.67. The Hall–Kier alpha value is -1.31. The lowest BCUT2D eigenvalue weighted by Gasteiger charge is -2.04. The summed E-state index contributed by atoms with van der Waals surface area (Å²) in [6, 6.07) is 8.91. The highest BCUT2D eigenvalue weighted by atomic mass is 79.9. The lowest BCUT2D eigenvalue weighted by Crippen LogP contribution is -2.13. The number of nitrogens with one attached hydrogen (secondary N) is 1. The summed E-state index contributed by atoms with van der Waals surface area (Å²) < 4.78 is 0.895. The van der Waals surface area contributed by atoms with E-state index in [1.54, 1.807) is 17.5 Å². The summed E-state index contributed by atoms with van der Waals surface area (Å²) in [5, 5.41) is 13.3. The first-order valence-corrected chi connectivity index (χ1v) is 8.20. The number of carbonyl (C=O) groups is 2. The zero-order valence-electron chi connectivity index (χ0n) is 10.1. The molecule has 7 heteroatoms. The van der Waals surface area contributed by atoms with Crippen LogP contribution in [0, 0.1) is 0 Å². The third kappa shape index (κ3) is 4.36. The molecule has 1 heterocycles. The number of aromatic carboxylic acids is 1. The average molecular weight is 372 g/mol. The molecule has 0 aliphatic carbocycles. The van der Waals surface area contributed by atoms with Crippen molar-refractivity contribution in [1.29, 1.82) is 0 Å². The van der Waals surface area contributed by atoms with Crippen molar-refractivity contribution in [3.05, 3.63) is 45.1 Å². The first-order chi connectivity index (χ1) is 9.54. The van der Waals surface area contributed by atoms with Crippen LogP contribution < -0.4 is 5.32 Å². The number of amides is 1. The molecular formula is C13H10BrNO3S2. The molecule has 0 saturated heterocycles. The van der Waals surface area contributed by atoms with Gasteiger partial charge in [-0.25, -0.2) is 4.79 Å². The van der Waals surface area contributed by atoms with Crippen LogP contribution in [-0.2, 0) is 4.79 Å². The molecule has 0 bridgehead atoms. The average Bonchev–Trinajstić information content (AvgIpc) is 2.85. The van der Waals surface area contributed by atoms with Crippen LogP contribution in [0.3, 0.4) is 0 Å². The largest absolute Gasteiger partial charge is 0.477 e. The molecule has 0 radical (unpaired) electrons. The zero-order valence-corrected chi connectivity index (χ0v) is 13.3. The van der Waals surface area contributed by atoms with Crippen molar-refractivity contribution in [2.45, 2.75) is 4.90 Å². The minimum absolute atomic E-state index is 0.129. The van der Waals surface area contributed by atoms with Gasteiger partial charge in [-0.15, -0.1) is 23.1 Å². The smallest absolute Gasteiger partial charge is 0.345 e. The van der Waals surface area contributed by atoms with Crippen molar-refractivity contribution in [3.63, 3.8) is 0 Å². The number of hydrogen-bond acceptors (Lipinski definition) is 4. The number of halogens is 1. The van der Waals surface area contributed by atoms with Crippen LogP contribution in [0.4, 0.5) is 5.69 Å². The first-order valence-electron chi connectivity index (χ1n) is 5.54. The standard InChI is InChI=1S/C13H10BrNO3S2/c14-8-2-1-3-9(4-8)15-12(16)7-19-10-5-11(13(17)18)20-6-10/h1-6H,7H2,(H,15,16)(H,17,18). The highest BCUT2D eigenvalue weighted by Gasteiger charge is 2.09. The summed E-state index contributed by atoms with van der Waals surface area (Å²) in [6.45, 7) is 0. The van der Waals surface area contributed by atoms with E-state index in [4.69, 9.17) is 5.11 Å². The zero-order chi connectivity index (χ0) is 14.5. The second kappa shape index (κ2) is 6.92. The molecule has 0 fully saturated rings. The SMILES string of the molecule is O=C(CSc1csc(C(=O)O)c1)Nc1cccc(Br)c1. The number of carboxylic acids is 1. The van der Waals surface area contributed by atoms with E-state index in [2.05, 4.69) is 21.2 Å². The van der Waals surface area contributed by atoms with Gasteiger partial charge >= 0.3 is 5.97 Å². The Morgan fingerprint density at radius 2 is 2.15 bits per heavy atom. The summed E-state index contributed by atoms with van der Waals surface area (Å²) in [5.41, 5.74) is 0.724. The van der Waals surface area contributed by atoms with Crippen LogP contribution in [-0.4, -0.2) is 22.7 Å². The summed E-state index contributed by atoms with van der Waals surface area (Å²) >= 11 is 5.80. The molecule has 0 atom stereocenters. The topological polar surface area (TPSA) is 66.4 Å². The summed E-state index contributed by atoms with van der Waals surface area (Å²) in [5.74, 6) is -0.834. The van der Waals surface area contributed by atoms with Gasteiger partial charge in [-0.3, -0.25) is 4.79 Å². The van der Waals surface area contributed by atoms with Crippen molar-refractivity contribution < 1.29 is 14.7 Å². The molecule has 2 N–H and O–H groups in total. The van der Waals surface area contributed by atoms with Gasteiger partial charge in [0.15, 0.2) is 0 Å². The third-order valence-corrected chi connectivity index (χ3v) is 4.80. The van der Waals surface area contributed by atoms with Gasteiger partial charge in [0.2, 0.25) is 5.91 Å². The molecule has 4 nitrogen and oxygen atoms in total. The van der Waals surface area contributed by atoms with Gasteiger partial charge in [-0.05, 0) is 24.3 Å². The van der Waals surface area contributed by atoms with E-state index in [0.29, 0.717) is 0 Å². The Balaban J connectivity index is 1.87. The lowest BCUT2D eigenvalue weighted by atomic mass is 10.3.